The highest BCUT2D eigenvalue weighted by molar-refractivity contribution is 6.33. The zero-order valence-electron chi connectivity index (χ0n) is 20.2. The Kier molecular flexibility index (Phi) is 4.88. The Balaban J connectivity index is 1.24. The number of piperidine rings is 2. The van der Waals surface area contributed by atoms with Gasteiger partial charge in [-0.15, -0.1) is 0 Å². The van der Waals surface area contributed by atoms with Crippen molar-refractivity contribution in [2.75, 3.05) is 18.4 Å². The predicted octanol–water partition coefficient (Wildman–Crippen LogP) is 3.18. The van der Waals surface area contributed by atoms with Crippen LogP contribution in [0.4, 0.5) is 5.82 Å². The van der Waals surface area contributed by atoms with Crippen molar-refractivity contribution < 1.29 is 14.4 Å². The first-order valence-corrected chi connectivity index (χ1v) is 12.7. The second-order valence-electron chi connectivity index (χ2n) is 11.6. The molecule has 6 aliphatic rings. The molecule has 3 N–H and O–H groups in total. The lowest BCUT2D eigenvalue weighted by atomic mass is 9.59. The molecule has 0 radical (unpaired) electrons. The van der Waals surface area contributed by atoms with E-state index in [1.807, 2.05) is 9.47 Å². The zero-order valence-corrected chi connectivity index (χ0v) is 20.9. The molecule has 0 aromatic carbocycles. The van der Waals surface area contributed by atoms with Crippen molar-refractivity contribution in [1.29, 1.82) is 0 Å². The number of aromatic nitrogens is 2. The maximum Gasteiger partial charge on any atom is 0.265 e. The number of primary amides is 1. The third-order valence-electron chi connectivity index (χ3n) is 8.81. The number of carbonyl (C=O) groups is 3. The maximum absolute atomic E-state index is 13.3. The van der Waals surface area contributed by atoms with Gasteiger partial charge in [0.05, 0.1) is 5.02 Å². The van der Waals surface area contributed by atoms with E-state index in [2.05, 4.69) is 24.1 Å². The number of nitrogens with zero attached hydrogens (tertiary/aromatic N) is 3. The summed E-state index contributed by atoms with van der Waals surface area (Å²) in [6.45, 7) is 8.19. The van der Waals surface area contributed by atoms with Gasteiger partial charge in [0, 0.05) is 55.5 Å². The molecule has 35 heavy (non-hydrogen) atoms. The molecule has 2 aromatic rings. The summed E-state index contributed by atoms with van der Waals surface area (Å²) >= 11 is 6.56. The highest BCUT2D eigenvalue weighted by atomic mass is 35.5. The molecule has 5 fully saturated rings. The highest BCUT2D eigenvalue weighted by Gasteiger charge is 2.64. The van der Waals surface area contributed by atoms with Crippen LogP contribution in [0.5, 0.6) is 0 Å². The number of pyridine rings is 1. The molecule has 3 aliphatic heterocycles. The number of fused-ring (bicyclic) bond motifs is 4. The largest absolute Gasteiger partial charge is 0.364 e. The number of anilines is 1. The Hall–Kier alpha value is -2.87. The van der Waals surface area contributed by atoms with Crippen LogP contribution in [-0.4, -0.2) is 45.3 Å². The molecule has 3 amide bonds. The fourth-order valence-electron chi connectivity index (χ4n) is 7.36. The van der Waals surface area contributed by atoms with Crippen molar-refractivity contribution in [3.05, 3.63) is 34.7 Å². The van der Waals surface area contributed by atoms with E-state index in [4.69, 9.17) is 17.3 Å². The van der Waals surface area contributed by atoms with Crippen molar-refractivity contribution in [3.63, 3.8) is 0 Å². The molecule has 0 spiro atoms. The molecular weight excluding hydrogens is 466 g/mol. The lowest BCUT2D eigenvalue weighted by Gasteiger charge is -2.54. The number of hydrogen-bond donors (Lipinski definition) is 2. The normalized spacial score (nSPS) is 29.5. The third-order valence-corrected chi connectivity index (χ3v) is 9.12. The highest BCUT2D eigenvalue weighted by Crippen LogP contribution is 2.63. The molecule has 184 valence electrons. The number of amides is 3. The fourth-order valence-corrected chi connectivity index (χ4v) is 7.57. The maximum atomic E-state index is 13.3. The molecule has 1 unspecified atom stereocenters. The Morgan fingerprint density at radius 3 is 2.51 bits per heavy atom. The van der Waals surface area contributed by atoms with Gasteiger partial charge in [0.1, 0.15) is 11.5 Å². The van der Waals surface area contributed by atoms with Crippen molar-refractivity contribution in [2.24, 2.45) is 40.7 Å². The van der Waals surface area contributed by atoms with Gasteiger partial charge in [-0.05, 0) is 54.1 Å². The topological polar surface area (TPSA) is 110 Å². The fraction of sp³-hybridized carbons (Fsp3) is 0.538. The van der Waals surface area contributed by atoms with Gasteiger partial charge in [0.2, 0.25) is 11.8 Å². The van der Waals surface area contributed by atoms with Gasteiger partial charge in [-0.1, -0.05) is 25.4 Å². The predicted molar refractivity (Wildman–Crippen MR) is 132 cm³/mol. The van der Waals surface area contributed by atoms with Crippen molar-refractivity contribution in [1.82, 2.24) is 14.5 Å². The first kappa shape index (κ1) is 22.6. The van der Waals surface area contributed by atoms with Crippen molar-refractivity contribution in [2.45, 2.75) is 40.2 Å². The van der Waals surface area contributed by atoms with Crippen LogP contribution in [0.3, 0.4) is 0 Å². The summed E-state index contributed by atoms with van der Waals surface area (Å²) in [5.41, 5.74) is 8.75. The van der Waals surface area contributed by atoms with Gasteiger partial charge in [-0.3, -0.25) is 14.4 Å². The second-order valence-corrected chi connectivity index (χ2v) is 12.0. The zero-order chi connectivity index (χ0) is 24.8. The molecule has 3 aliphatic carbocycles. The first-order chi connectivity index (χ1) is 16.5. The smallest absolute Gasteiger partial charge is 0.265 e. The van der Waals surface area contributed by atoms with Crippen LogP contribution in [0, 0.1) is 35.0 Å². The molecule has 4 bridgehead atoms. The summed E-state index contributed by atoms with van der Waals surface area (Å²) in [6, 6.07) is 3.59. The minimum Gasteiger partial charge on any atom is -0.364 e. The van der Waals surface area contributed by atoms with E-state index in [1.165, 1.54) is 0 Å². The number of halogens is 1. The van der Waals surface area contributed by atoms with E-state index >= 15 is 0 Å². The van der Waals surface area contributed by atoms with E-state index in [0.717, 1.165) is 42.8 Å². The average Bonchev–Trinajstić information content (AvgIpc) is 3.53. The quantitative estimate of drug-likeness (QED) is 0.678. The molecule has 5 heterocycles. The summed E-state index contributed by atoms with van der Waals surface area (Å²) in [6.07, 6.45) is 3.22. The van der Waals surface area contributed by atoms with Crippen LogP contribution in [0.2, 0.25) is 5.02 Å². The molecular formula is C26H30ClN5O3. The van der Waals surface area contributed by atoms with E-state index in [-0.39, 0.29) is 23.1 Å². The van der Waals surface area contributed by atoms with Crippen molar-refractivity contribution >= 4 is 35.1 Å². The van der Waals surface area contributed by atoms with E-state index in [0.29, 0.717) is 46.8 Å². The molecule has 9 heteroatoms. The first-order valence-electron chi connectivity index (χ1n) is 12.3. The van der Waals surface area contributed by atoms with Crippen molar-refractivity contribution in [3.8, 4) is 11.1 Å². The summed E-state index contributed by atoms with van der Waals surface area (Å²) in [5.74, 6) is 1.79. The molecule has 2 saturated heterocycles. The Morgan fingerprint density at radius 1 is 1.14 bits per heavy atom. The Morgan fingerprint density at radius 2 is 1.86 bits per heavy atom. The molecule has 2 aromatic heterocycles. The average molecular weight is 496 g/mol. The van der Waals surface area contributed by atoms with Gasteiger partial charge in [0.25, 0.3) is 5.91 Å². The van der Waals surface area contributed by atoms with Crippen LogP contribution >= 0.6 is 11.6 Å². The summed E-state index contributed by atoms with van der Waals surface area (Å²) in [7, 11) is 0. The summed E-state index contributed by atoms with van der Waals surface area (Å²) in [5, 5.41) is 3.48. The molecule has 3 saturated carbocycles. The number of rotatable bonds is 4. The number of nitrogens with two attached hydrogens (primary N) is 1. The minimum atomic E-state index is -0.469. The summed E-state index contributed by atoms with van der Waals surface area (Å²) in [4.78, 5) is 43.5. The van der Waals surface area contributed by atoms with E-state index in [9.17, 15) is 14.4 Å². The lowest BCUT2D eigenvalue weighted by molar-refractivity contribution is -0.143. The summed E-state index contributed by atoms with van der Waals surface area (Å²) < 4.78 is 1.99. The van der Waals surface area contributed by atoms with E-state index in [1.54, 1.807) is 25.3 Å². The van der Waals surface area contributed by atoms with Gasteiger partial charge < -0.3 is 20.5 Å². The van der Waals surface area contributed by atoms with Gasteiger partial charge in [-0.2, -0.15) is 0 Å². The lowest BCUT2D eigenvalue weighted by Crippen LogP contribution is -2.59. The Bertz CT molecular complexity index is 1270. The second kappa shape index (κ2) is 7.56. The Labute approximate surface area is 209 Å². The molecule has 5 atom stereocenters. The van der Waals surface area contributed by atoms with Crippen LogP contribution in [0.1, 0.15) is 43.4 Å². The van der Waals surface area contributed by atoms with Crippen LogP contribution in [0.15, 0.2) is 18.3 Å². The number of carbonyl (C=O) groups excluding carboxylic acids is 3. The van der Waals surface area contributed by atoms with Crippen LogP contribution < -0.4 is 11.1 Å². The van der Waals surface area contributed by atoms with Crippen LogP contribution in [-0.2, 0) is 22.6 Å². The number of hydrogen-bond acceptors (Lipinski definition) is 4. The van der Waals surface area contributed by atoms with Gasteiger partial charge in [0.15, 0.2) is 0 Å². The molecule has 8 nitrogen and oxygen atoms in total. The number of nitrogens with one attached hydrogen (secondary N) is 1. The third kappa shape index (κ3) is 3.40. The SMILES string of the molecule is CC(=O)N1C[C@@H]2C3[C@@H](C(=O)Nc4cc(-c5cc(C(N)=O)n6c5CC(C)(C)C6)c(Cl)cn4)C[C@@H]2[C@H]3C1. The molecule has 8 rings (SSSR count). The van der Waals surface area contributed by atoms with Gasteiger partial charge >= 0.3 is 0 Å². The van der Waals surface area contributed by atoms with E-state index < -0.39 is 5.91 Å². The van der Waals surface area contributed by atoms with Crippen LogP contribution in [0.25, 0.3) is 11.1 Å². The minimum absolute atomic E-state index is 0.00536. The monoisotopic (exact) mass is 495 g/mol. The standard InChI is InChI=1S/C26H30ClN5O3/c1-12(33)31-9-17-13-4-16(23(17)18(13)10-31)25(35)30-22-6-14(19(27)8-29-22)15-5-20(24(28)34)32-11-26(2,3)7-21(15)32/h5-6,8,13,16-18,23H,4,7,9-11H2,1-3H3,(H2,28,34)(H,29,30,35)/t13-,16-,17-,18+,23?/m0/s1. The van der Waals surface area contributed by atoms with Gasteiger partial charge in [-0.25, -0.2) is 4.98 Å².